The summed E-state index contributed by atoms with van der Waals surface area (Å²) in [4.78, 5) is 2.42. The summed E-state index contributed by atoms with van der Waals surface area (Å²) < 4.78 is 5.12. The fraction of sp³-hybridized carbons (Fsp3) is 0.333. The van der Waals surface area contributed by atoms with Crippen LogP contribution in [0, 0.1) is 11.8 Å². The lowest BCUT2D eigenvalue weighted by atomic mass is 10.1. The van der Waals surface area contributed by atoms with Crippen LogP contribution in [-0.2, 0) is 0 Å². The van der Waals surface area contributed by atoms with E-state index in [0.717, 1.165) is 30.0 Å². The third-order valence-electron chi connectivity index (χ3n) is 4.37. The van der Waals surface area contributed by atoms with Crippen LogP contribution < -0.4 is 9.64 Å². The summed E-state index contributed by atoms with van der Waals surface area (Å²) in [6.45, 7) is 2.28. The van der Waals surface area contributed by atoms with E-state index in [1.165, 1.54) is 24.9 Å². The Kier molecular flexibility index (Phi) is 5.40. The number of benzene rings is 2. The van der Waals surface area contributed by atoms with Crippen molar-refractivity contribution in [2.75, 3.05) is 25.1 Å². The minimum Gasteiger partial charge on any atom is -0.497 e. The normalized spacial score (nSPS) is 15.3. The lowest BCUT2D eigenvalue weighted by molar-refractivity contribution is 0.238. The van der Waals surface area contributed by atoms with Crippen LogP contribution in [0.1, 0.15) is 36.5 Å². The van der Waals surface area contributed by atoms with E-state index in [1.54, 1.807) is 7.11 Å². The molecule has 3 rings (SSSR count). The highest BCUT2D eigenvalue weighted by atomic mass is 16.5. The lowest BCUT2D eigenvalue weighted by Crippen LogP contribution is -2.29. The van der Waals surface area contributed by atoms with Crippen molar-refractivity contribution in [3.8, 4) is 17.6 Å². The number of methoxy groups -OCH3 is 1. The summed E-state index contributed by atoms with van der Waals surface area (Å²) in [7, 11) is 1.62. The van der Waals surface area contributed by atoms with Gasteiger partial charge in [0.1, 0.15) is 11.9 Å². The quantitative estimate of drug-likeness (QED) is 0.874. The van der Waals surface area contributed by atoms with Crippen LogP contribution >= 0.6 is 0 Å². The van der Waals surface area contributed by atoms with Crippen molar-refractivity contribution in [1.29, 1.82) is 0 Å². The maximum Gasteiger partial charge on any atom is 0.140 e. The first-order valence-electron chi connectivity index (χ1n) is 8.45. The first kappa shape index (κ1) is 16.4. The van der Waals surface area contributed by atoms with E-state index in [0.29, 0.717) is 0 Å². The highest BCUT2D eigenvalue weighted by molar-refractivity contribution is 5.51. The second kappa shape index (κ2) is 7.90. The molecule has 3 nitrogen and oxygen atoms in total. The van der Waals surface area contributed by atoms with Crippen molar-refractivity contribution in [1.82, 2.24) is 0 Å². The van der Waals surface area contributed by atoms with E-state index >= 15 is 0 Å². The van der Waals surface area contributed by atoms with Crippen LogP contribution in [0.3, 0.4) is 0 Å². The van der Waals surface area contributed by atoms with E-state index in [-0.39, 0.29) is 0 Å². The number of aliphatic hydroxyl groups excluding tert-OH is 1. The predicted molar refractivity (Wildman–Crippen MR) is 97.3 cm³/mol. The molecule has 3 heteroatoms. The van der Waals surface area contributed by atoms with E-state index in [2.05, 4.69) is 28.9 Å². The van der Waals surface area contributed by atoms with Gasteiger partial charge in [-0.1, -0.05) is 24.0 Å². The Morgan fingerprint density at radius 1 is 0.958 bits per heavy atom. The number of hydrogen-bond donors (Lipinski definition) is 1. The van der Waals surface area contributed by atoms with Crippen LogP contribution in [0.5, 0.6) is 5.75 Å². The minimum absolute atomic E-state index is 0.771. The van der Waals surface area contributed by atoms with Gasteiger partial charge in [0, 0.05) is 24.3 Å². The molecule has 1 unspecified atom stereocenters. The molecular weight excluding hydrogens is 298 g/mol. The molecule has 1 aliphatic heterocycles. The van der Waals surface area contributed by atoms with Gasteiger partial charge >= 0.3 is 0 Å². The van der Waals surface area contributed by atoms with Crippen LogP contribution in [0.4, 0.5) is 5.69 Å². The lowest BCUT2D eigenvalue weighted by Gasteiger charge is -2.28. The molecule has 0 saturated carbocycles. The van der Waals surface area contributed by atoms with E-state index in [9.17, 15) is 5.11 Å². The van der Waals surface area contributed by atoms with Gasteiger partial charge in [-0.15, -0.1) is 0 Å². The summed E-state index contributed by atoms with van der Waals surface area (Å²) in [5, 5.41) is 10.2. The molecule has 0 amide bonds. The molecule has 1 saturated heterocycles. The van der Waals surface area contributed by atoms with Crippen molar-refractivity contribution in [2.24, 2.45) is 0 Å². The van der Waals surface area contributed by atoms with Gasteiger partial charge in [-0.3, -0.25) is 0 Å². The highest BCUT2D eigenvalue weighted by Crippen LogP contribution is 2.20. The molecule has 124 valence electrons. The summed E-state index contributed by atoms with van der Waals surface area (Å²) in [6.07, 6.45) is 3.09. The Hall–Kier alpha value is -2.44. The van der Waals surface area contributed by atoms with Crippen molar-refractivity contribution >= 4 is 5.69 Å². The van der Waals surface area contributed by atoms with Gasteiger partial charge in [-0.25, -0.2) is 0 Å². The SMILES string of the molecule is COc1ccc(C(O)C#Cc2ccc(N3CCCCC3)cc2)cc1. The highest BCUT2D eigenvalue weighted by Gasteiger charge is 2.10. The van der Waals surface area contributed by atoms with Gasteiger partial charge in [0.25, 0.3) is 0 Å². The Morgan fingerprint density at radius 2 is 1.62 bits per heavy atom. The molecule has 0 spiro atoms. The molecule has 0 aliphatic carbocycles. The smallest absolute Gasteiger partial charge is 0.140 e. The molecular formula is C21H23NO2. The van der Waals surface area contributed by atoms with Gasteiger partial charge in [-0.05, 0) is 61.2 Å². The molecule has 0 aromatic heterocycles. The van der Waals surface area contributed by atoms with Crippen molar-refractivity contribution in [2.45, 2.75) is 25.4 Å². The molecule has 0 bridgehead atoms. The van der Waals surface area contributed by atoms with Crippen LogP contribution in [0.2, 0.25) is 0 Å². The molecule has 1 heterocycles. The maximum absolute atomic E-state index is 10.2. The number of hydrogen-bond acceptors (Lipinski definition) is 3. The van der Waals surface area contributed by atoms with Gasteiger partial charge in [-0.2, -0.15) is 0 Å². The van der Waals surface area contributed by atoms with Gasteiger partial charge in [0.15, 0.2) is 0 Å². The van der Waals surface area contributed by atoms with Crippen molar-refractivity contribution in [3.63, 3.8) is 0 Å². The number of aliphatic hydroxyl groups is 1. The molecule has 1 N–H and O–H groups in total. The first-order valence-corrected chi connectivity index (χ1v) is 8.45. The number of anilines is 1. The summed E-state index contributed by atoms with van der Waals surface area (Å²) in [6, 6.07) is 15.6. The second-order valence-corrected chi connectivity index (χ2v) is 6.04. The van der Waals surface area contributed by atoms with Crippen LogP contribution in [0.15, 0.2) is 48.5 Å². The number of nitrogens with zero attached hydrogens (tertiary/aromatic N) is 1. The standard InChI is InChI=1S/C21H23NO2/c1-24-20-12-8-18(9-13-20)21(23)14-7-17-5-10-19(11-6-17)22-15-3-2-4-16-22/h5-6,8-13,21,23H,2-4,15-16H2,1H3. The van der Waals surface area contributed by atoms with E-state index in [1.807, 2.05) is 36.4 Å². The predicted octanol–water partition coefficient (Wildman–Crippen LogP) is 3.77. The summed E-state index contributed by atoms with van der Waals surface area (Å²) in [5.74, 6) is 6.73. The molecule has 2 aromatic rings. The Balaban J connectivity index is 1.66. The monoisotopic (exact) mass is 321 g/mol. The Labute approximate surface area is 143 Å². The van der Waals surface area contributed by atoms with Crippen LogP contribution in [-0.4, -0.2) is 25.3 Å². The molecule has 1 atom stereocenters. The second-order valence-electron chi connectivity index (χ2n) is 6.04. The average molecular weight is 321 g/mol. The van der Waals surface area contributed by atoms with Crippen molar-refractivity contribution < 1.29 is 9.84 Å². The number of ether oxygens (including phenoxy) is 1. The maximum atomic E-state index is 10.2. The minimum atomic E-state index is -0.794. The summed E-state index contributed by atoms with van der Waals surface area (Å²) >= 11 is 0. The number of rotatable bonds is 3. The molecule has 1 fully saturated rings. The zero-order chi connectivity index (χ0) is 16.8. The summed E-state index contributed by atoms with van der Waals surface area (Å²) in [5.41, 5.74) is 2.95. The van der Waals surface area contributed by atoms with Gasteiger partial charge in [0.05, 0.1) is 7.11 Å². The Bertz CT molecular complexity index is 704. The zero-order valence-electron chi connectivity index (χ0n) is 14.0. The zero-order valence-corrected chi connectivity index (χ0v) is 14.0. The Morgan fingerprint density at radius 3 is 2.25 bits per heavy atom. The van der Waals surface area contributed by atoms with Crippen LogP contribution in [0.25, 0.3) is 0 Å². The third-order valence-corrected chi connectivity index (χ3v) is 4.37. The molecule has 0 radical (unpaired) electrons. The van der Waals surface area contributed by atoms with E-state index in [4.69, 9.17) is 4.74 Å². The van der Waals surface area contributed by atoms with E-state index < -0.39 is 6.10 Å². The number of piperidine rings is 1. The fourth-order valence-electron chi connectivity index (χ4n) is 2.93. The largest absolute Gasteiger partial charge is 0.497 e. The molecule has 24 heavy (non-hydrogen) atoms. The molecule has 2 aromatic carbocycles. The molecule has 1 aliphatic rings. The van der Waals surface area contributed by atoms with Gasteiger partial charge in [0.2, 0.25) is 0 Å². The average Bonchev–Trinajstić information content (AvgIpc) is 2.67. The van der Waals surface area contributed by atoms with Crippen molar-refractivity contribution in [3.05, 3.63) is 59.7 Å². The first-order chi connectivity index (χ1) is 11.8. The van der Waals surface area contributed by atoms with Gasteiger partial charge < -0.3 is 14.7 Å². The third kappa shape index (κ3) is 4.10. The fourth-order valence-corrected chi connectivity index (χ4v) is 2.93. The topological polar surface area (TPSA) is 32.7 Å².